The van der Waals surface area contributed by atoms with E-state index in [9.17, 15) is 14.0 Å². The predicted molar refractivity (Wildman–Crippen MR) is 130 cm³/mol. The van der Waals surface area contributed by atoms with E-state index in [2.05, 4.69) is 5.32 Å². The predicted octanol–water partition coefficient (Wildman–Crippen LogP) is 5.60. The smallest absolute Gasteiger partial charge is 0.336 e. The van der Waals surface area contributed by atoms with Gasteiger partial charge in [0.15, 0.2) is 5.78 Å². The zero-order valence-electron chi connectivity index (χ0n) is 19.9. The number of ketones is 1. The van der Waals surface area contributed by atoms with E-state index in [0.29, 0.717) is 40.3 Å². The van der Waals surface area contributed by atoms with Gasteiger partial charge in [0.05, 0.1) is 24.3 Å². The minimum Gasteiger partial charge on any atom is -0.496 e. The third-order valence-electron chi connectivity index (χ3n) is 6.19. The molecule has 0 amide bonds. The lowest BCUT2D eigenvalue weighted by Crippen LogP contribution is -2.34. The van der Waals surface area contributed by atoms with Crippen LogP contribution in [0.1, 0.15) is 50.2 Å². The molecule has 2 aromatic carbocycles. The number of carbonyl (C=O) groups is 2. The molecule has 0 unspecified atom stereocenters. The molecule has 0 aromatic heterocycles. The number of allylic oxidation sites excluding steroid dienone is 3. The Bertz CT molecular complexity index is 1240. The molecule has 0 saturated heterocycles. The SMILES string of the molecule is CCOC(=O)C1=C(C)NC2=C(C(=O)CCC2)[C@H]1c1ccc(OC)c(COc2ccc(F)cc2Cl)c1. The molecule has 35 heavy (non-hydrogen) atoms. The van der Waals surface area contributed by atoms with Gasteiger partial charge in [0.2, 0.25) is 0 Å². The van der Waals surface area contributed by atoms with Crippen LogP contribution < -0.4 is 14.8 Å². The van der Waals surface area contributed by atoms with Gasteiger partial charge in [0.1, 0.15) is 23.9 Å². The van der Waals surface area contributed by atoms with Gasteiger partial charge < -0.3 is 19.5 Å². The molecule has 0 saturated carbocycles. The van der Waals surface area contributed by atoms with Gasteiger partial charge in [-0.1, -0.05) is 17.7 Å². The number of benzene rings is 2. The van der Waals surface area contributed by atoms with Crippen molar-refractivity contribution in [3.05, 3.63) is 80.9 Å². The van der Waals surface area contributed by atoms with Crippen LogP contribution in [0.15, 0.2) is 58.9 Å². The van der Waals surface area contributed by atoms with E-state index in [1.165, 1.54) is 18.2 Å². The number of Topliss-reactive ketones (excluding diaryl/α,β-unsaturated/α-hetero) is 1. The Morgan fingerprint density at radius 3 is 2.66 bits per heavy atom. The highest BCUT2D eigenvalue weighted by atomic mass is 35.5. The highest BCUT2D eigenvalue weighted by molar-refractivity contribution is 6.32. The van der Waals surface area contributed by atoms with Crippen molar-refractivity contribution >= 4 is 23.4 Å². The summed E-state index contributed by atoms with van der Waals surface area (Å²) in [5.74, 6) is -0.565. The Morgan fingerprint density at radius 1 is 1.17 bits per heavy atom. The molecule has 4 rings (SSSR count). The number of rotatable bonds is 7. The molecular weight excluding hydrogens is 473 g/mol. The second-order valence-corrected chi connectivity index (χ2v) is 8.83. The van der Waals surface area contributed by atoms with Crippen molar-refractivity contribution in [3.8, 4) is 11.5 Å². The van der Waals surface area contributed by atoms with Crippen molar-refractivity contribution in [3.63, 3.8) is 0 Å². The van der Waals surface area contributed by atoms with Gasteiger partial charge in [-0.25, -0.2) is 9.18 Å². The maximum absolute atomic E-state index is 13.4. The number of carbonyl (C=O) groups excluding carboxylic acids is 2. The molecular formula is C27H27ClFNO5. The number of hydrogen-bond donors (Lipinski definition) is 1. The van der Waals surface area contributed by atoms with Crippen LogP contribution in [0.25, 0.3) is 0 Å². The molecule has 184 valence electrons. The van der Waals surface area contributed by atoms with Gasteiger partial charge in [-0.3, -0.25) is 4.79 Å². The summed E-state index contributed by atoms with van der Waals surface area (Å²) in [4.78, 5) is 26.1. The normalized spacial score (nSPS) is 17.6. The molecule has 0 fully saturated rings. The Morgan fingerprint density at radius 2 is 1.94 bits per heavy atom. The highest BCUT2D eigenvalue weighted by Crippen LogP contribution is 2.43. The number of nitrogens with one attached hydrogen (secondary N) is 1. The van der Waals surface area contributed by atoms with Crippen molar-refractivity contribution < 1.29 is 28.2 Å². The first-order chi connectivity index (χ1) is 16.8. The average Bonchev–Trinajstić information content (AvgIpc) is 2.82. The van der Waals surface area contributed by atoms with Gasteiger partial charge >= 0.3 is 5.97 Å². The first kappa shape index (κ1) is 24.8. The third-order valence-corrected chi connectivity index (χ3v) is 6.48. The molecule has 1 N–H and O–H groups in total. The molecule has 6 nitrogen and oxygen atoms in total. The first-order valence-electron chi connectivity index (χ1n) is 11.5. The fourth-order valence-corrected chi connectivity index (χ4v) is 4.86. The summed E-state index contributed by atoms with van der Waals surface area (Å²) in [6.07, 6.45) is 1.93. The summed E-state index contributed by atoms with van der Waals surface area (Å²) < 4.78 is 30.1. The molecule has 2 aliphatic rings. The van der Waals surface area contributed by atoms with Crippen molar-refractivity contribution in [1.29, 1.82) is 0 Å². The Kier molecular flexibility index (Phi) is 7.45. The quantitative estimate of drug-likeness (QED) is 0.500. The van der Waals surface area contributed by atoms with E-state index in [4.69, 9.17) is 25.8 Å². The zero-order valence-corrected chi connectivity index (χ0v) is 20.6. The lowest BCUT2D eigenvalue weighted by molar-refractivity contribution is -0.138. The van der Waals surface area contributed by atoms with Crippen LogP contribution in [-0.2, 0) is 20.9 Å². The fourth-order valence-electron chi connectivity index (χ4n) is 4.63. The number of esters is 1. The number of halogens is 2. The number of hydrogen-bond acceptors (Lipinski definition) is 6. The van der Waals surface area contributed by atoms with Gasteiger partial charge in [-0.15, -0.1) is 0 Å². The van der Waals surface area contributed by atoms with Crippen LogP contribution in [0.5, 0.6) is 11.5 Å². The summed E-state index contributed by atoms with van der Waals surface area (Å²) in [6.45, 7) is 3.89. The van der Waals surface area contributed by atoms with Crippen molar-refractivity contribution in [2.24, 2.45) is 0 Å². The molecule has 1 aliphatic carbocycles. The Labute approximate surface area is 208 Å². The van der Waals surface area contributed by atoms with E-state index in [1.807, 2.05) is 19.1 Å². The van der Waals surface area contributed by atoms with Crippen molar-refractivity contribution in [1.82, 2.24) is 5.32 Å². The van der Waals surface area contributed by atoms with Crippen LogP contribution in [0, 0.1) is 5.82 Å². The molecule has 1 heterocycles. The molecule has 8 heteroatoms. The largest absolute Gasteiger partial charge is 0.496 e. The third kappa shape index (κ3) is 5.05. The van der Waals surface area contributed by atoms with E-state index in [-0.39, 0.29) is 24.0 Å². The molecule has 0 bridgehead atoms. The maximum atomic E-state index is 13.4. The average molecular weight is 500 g/mol. The van der Waals surface area contributed by atoms with E-state index in [0.717, 1.165) is 24.1 Å². The van der Waals surface area contributed by atoms with Crippen LogP contribution in [0.2, 0.25) is 5.02 Å². The molecule has 0 spiro atoms. The van der Waals surface area contributed by atoms with Gasteiger partial charge in [-0.2, -0.15) is 0 Å². The standard InChI is InChI=1S/C27H27ClFNO5/c1-4-34-27(32)24-15(2)30-20-6-5-7-21(31)26(20)25(24)16-8-10-22(33-3)17(12-16)14-35-23-11-9-18(29)13-19(23)28/h8-13,25,30H,4-7,14H2,1-3H3/t25-/m0/s1. The number of ether oxygens (including phenoxy) is 3. The number of methoxy groups -OCH3 is 1. The summed E-state index contributed by atoms with van der Waals surface area (Å²) in [5, 5.41) is 3.43. The monoisotopic (exact) mass is 499 g/mol. The van der Waals surface area contributed by atoms with E-state index >= 15 is 0 Å². The summed E-state index contributed by atoms with van der Waals surface area (Å²) in [5.41, 5.74) is 3.98. The molecule has 0 radical (unpaired) electrons. The minimum absolute atomic E-state index is 0.0183. The van der Waals surface area contributed by atoms with Crippen LogP contribution in [0.3, 0.4) is 0 Å². The number of dihydropyridines is 1. The highest BCUT2D eigenvalue weighted by Gasteiger charge is 2.39. The van der Waals surface area contributed by atoms with Gasteiger partial charge in [-0.05, 0) is 62.6 Å². The zero-order chi connectivity index (χ0) is 25.1. The summed E-state index contributed by atoms with van der Waals surface area (Å²) in [6, 6.07) is 9.41. The van der Waals surface area contributed by atoms with Crippen molar-refractivity contribution in [2.45, 2.75) is 45.6 Å². The lowest BCUT2D eigenvalue weighted by Gasteiger charge is -2.34. The first-order valence-corrected chi connectivity index (χ1v) is 11.9. The summed E-state index contributed by atoms with van der Waals surface area (Å²) >= 11 is 6.11. The minimum atomic E-state index is -0.572. The molecule has 1 aliphatic heterocycles. The second-order valence-electron chi connectivity index (χ2n) is 8.42. The summed E-state index contributed by atoms with van der Waals surface area (Å²) in [7, 11) is 1.55. The maximum Gasteiger partial charge on any atom is 0.336 e. The Hall–Kier alpha value is -3.32. The lowest BCUT2D eigenvalue weighted by atomic mass is 9.75. The van der Waals surface area contributed by atoms with Crippen LogP contribution in [-0.4, -0.2) is 25.5 Å². The fraction of sp³-hybridized carbons (Fsp3) is 0.333. The van der Waals surface area contributed by atoms with Gasteiger partial charge in [0, 0.05) is 34.9 Å². The second kappa shape index (κ2) is 10.5. The Balaban J connectivity index is 1.76. The van der Waals surface area contributed by atoms with E-state index in [1.54, 1.807) is 20.1 Å². The topological polar surface area (TPSA) is 73.9 Å². The van der Waals surface area contributed by atoms with Gasteiger partial charge in [0.25, 0.3) is 0 Å². The van der Waals surface area contributed by atoms with Crippen LogP contribution >= 0.6 is 11.6 Å². The van der Waals surface area contributed by atoms with Crippen molar-refractivity contribution in [2.75, 3.05) is 13.7 Å². The van der Waals surface area contributed by atoms with E-state index < -0.39 is 17.7 Å². The van der Waals surface area contributed by atoms with Crippen LogP contribution in [0.4, 0.5) is 4.39 Å². The molecule has 1 atom stereocenters. The molecule has 2 aromatic rings.